The number of nitrogens with zero attached hydrogens (tertiary/aromatic N) is 4. The zero-order valence-corrected chi connectivity index (χ0v) is 19.5. The molecule has 0 amide bonds. The van der Waals surface area contributed by atoms with Crippen molar-refractivity contribution in [2.24, 2.45) is 0 Å². The lowest BCUT2D eigenvalue weighted by Crippen LogP contribution is -2.38. The van der Waals surface area contributed by atoms with Crippen molar-refractivity contribution in [3.63, 3.8) is 0 Å². The summed E-state index contributed by atoms with van der Waals surface area (Å²) >= 11 is 3.52. The fourth-order valence-corrected chi connectivity index (χ4v) is 4.32. The molecule has 2 aromatic carbocycles. The molecule has 0 spiro atoms. The molecule has 1 aliphatic rings. The van der Waals surface area contributed by atoms with Gasteiger partial charge in [-0.25, -0.2) is 9.97 Å². The number of morpholine rings is 1. The van der Waals surface area contributed by atoms with Crippen LogP contribution in [-0.4, -0.2) is 71.9 Å². The van der Waals surface area contributed by atoms with E-state index in [9.17, 15) is 9.90 Å². The number of para-hydroxylation sites is 1. The van der Waals surface area contributed by atoms with Gasteiger partial charge in [-0.1, -0.05) is 40.2 Å². The highest BCUT2D eigenvalue weighted by molar-refractivity contribution is 9.10. The second kappa shape index (κ2) is 10.8. The molecule has 8 heteroatoms. The van der Waals surface area contributed by atoms with Gasteiger partial charge in [0.2, 0.25) is 0 Å². The van der Waals surface area contributed by atoms with E-state index >= 15 is 0 Å². The van der Waals surface area contributed by atoms with E-state index in [2.05, 4.69) is 25.7 Å². The lowest BCUT2D eigenvalue weighted by molar-refractivity contribution is -0.136. The predicted molar refractivity (Wildman–Crippen MR) is 129 cm³/mol. The molecule has 1 aromatic heterocycles. The number of ether oxygens (including phenoxy) is 1. The minimum absolute atomic E-state index is 0.0576. The van der Waals surface area contributed by atoms with E-state index in [4.69, 9.17) is 14.7 Å². The van der Waals surface area contributed by atoms with Gasteiger partial charge < -0.3 is 14.7 Å². The van der Waals surface area contributed by atoms with Gasteiger partial charge in [0.25, 0.3) is 0 Å². The van der Waals surface area contributed by atoms with Crippen LogP contribution in [0.15, 0.2) is 53.0 Å². The molecule has 1 aliphatic heterocycles. The van der Waals surface area contributed by atoms with Crippen molar-refractivity contribution in [2.45, 2.75) is 12.8 Å². The first-order chi connectivity index (χ1) is 15.6. The van der Waals surface area contributed by atoms with E-state index < -0.39 is 5.97 Å². The molecule has 32 heavy (non-hydrogen) atoms. The molecular weight excluding hydrogens is 472 g/mol. The van der Waals surface area contributed by atoms with Crippen LogP contribution in [0.25, 0.3) is 22.3 Å². The maximum atomic E-state index is 11.4. The molecule has 4 rings (SSSR count). The van der Waals surface area contributed by atoms with Gasteiger partial charge >= 0.3 is 5.97 Å². The van der Waals surface area contributed by atoms with Crippen LogP contribution in [0.4, 0.5) is 5.82 Å². The zero-order valence-electron chi connectivity index (χ0n) is 17.9. The third kappa shape index (κ3) is 5.82. The van der Waals surface area contributed by atoms with Gasteiger partial charge in [0, 0.05) is 48.1 Å². The number of hydrogen-bond donors (Lipinski definition) is 1. The first-order valence-electron chi connectivity index (χ1n) is 10.9. The summed E-state index contributed by atoms with van der Waals surface area (Å²) in [5, 5.41) is 10.3. The second-order valence-corrected chi connectivity index (χ2v) is 8.75. The SMILES string of the molecule is O=C(O)CCN(CCCN1CCOCC1)c1nc(-c2cccc(Br)c2)nc2ccccc12. The monoisotopic (exact) mass is 498 g/mol. The molecule has 3 aromatic rings. The van der Waals surface area contributed by atoms with Gasteiger partial charge in [0.05, 0.1) is 25.2 Å². The number of halogens is 1. The van der Waals surface area contributed by atoms with Crippen LogP contribution in [0.5, 0.6) is 0 Å². The first kappa shape index (κ1) is 22.6. The second-order valence-electron chi connectivity index (χ2n) is 7.84. The highest BCUT2D eigenvalue weighted by atomic mass is 79.9. The third-order valence-corrected chi connectivity index (χ3v) is 6.06. The van der Waals surface area contributed by atoms with E-state index in [1.54, 1.807) is 0 Å². The smallest absolute Gasteiger partial charge is 0.305 e. The molecule has 1 fully saturated rings. The number of benzene rings is 2. The van der Waals surface area contributed by atoms with Crippen molar-refractivity contribution in [1.29, 1.82) is 0 Å². The summed E-state index contributed by atoms with van der Waals surface area (Å²) in [6.45, 7) is 5.51. The molecule has 1 saturated heterocycles. The summed E-state index contributed by atoms with van der Waals surface area (Å²) in [6.07, 6.45) is 0.978. The Labute approximate surface area is 196 Å². The zero-order chi connectivity index (χ0) is 22.3. The lowest BCUT2D eigenvalue weighted by atomic mass is 10.1. The minimum Gasteiger partial charge on any atom is -0.481 e. The Morgan fingerprint density at radius 2 is 1.91 bits per heavy atom. The predicted octanol–water partition coefficient (Wildman–Crippen LogP) is 4.06. The third-order valence-electron chi connectivity index (χ3n) is 5.57. The number of anilines is 1. The summed E-state index contributed by atoms with van der Waals surface area (Å²) in [5.74, 6) is 0.607. The van der Waals surface area contributed by atoms with Gasteiger partial charge in [-0.3, -0.25) is 9.69 Å². The molecule has 1 N–H and O–H groups in total. The van der Waals surface area contributed by atoms with E-state index in [0.717, 1.165) is 72.6 Å². The van der Waals surface area contributed by atoms with Crippen LogP contribution < -0.4 is 4.90 Å². The average Bonchev–Trinajstić information content (AvgIpc) is 2.81. The topological polar surface area (TPSA) is 78.8 Å². The van der Waals surface area contributed by atoms with Crippen molar-refractivity contribution in [3.8, 4) is 11.4 Å². The number of aliphatic carboxylic acids is 1. The van der Waals surface area contributed by atoms with Crippen LogP contribution in [0.2, 0.25) is 0 Å². The number of carboxylic acid groups (broad SMARTS) is 1. The van der Waals surface area contributed by atoms with Gasteiger partial charge in [0.1, 0.15) is 5.82 Å². The minimum atomic E-state index is -0.811. The molecule has 0 atom stereocenters. The molecule has 0 bridgehead atoms. The summed E-state index contributed by atoms with van der Waals surface area (Å²) in [4.78, 5) is 25.6. The maximum absolute atomic E-state index is 11.4. The summed E-state index contributed by atoms with van der Waals surface area (Å²) in [5.41, 5.74) is 1.76. The van der Waals surface area contributed by atoms with Crippen LogP contribution in [0.1, 0.15) is 12.8 Å². The van der Waals surface area contributed by atoms with Crippen molar-refractivity contribution in [3.05, 3.63) is 53.0 Å². The Morgan fingerprint density at radius 3 is 2.69 bits per heavy atom. The molecule has 2 heterocycles. The Morgan fingerprint density at radius 1 is 1.09 bits per heavy atom. The highest BCUT2D eigenvalue weighted by Crippen LogP contribution is 2.29. The van der Waals surface area contributed by atoms with Crippen molar-refractivity contribution in [2.75, 3.05) is 50.8 Å². The number of carboxylic acids is 1. The van der Waals surface area contributed by atoms with Crippen molar-refractivity contribution in [1.82, 2.24) is 14.9 Å². The fraction of sp³-hybridized carbons (Fsp3) is 0.375. The first-order valence-corrected chi connectivity index (χ1v) is 11.7. The summed E-state index contributed by atoms with van der Waals surface area (Å²) in [7, 11) is 0. The highest BCUT2D eigenvalue weighted by Gasteiger charge is 2.18. The van der Waals surface area contributed by atoms with Gasteiger partial charge in [-0.15, -0.1) is 0 Å². The normalized spacial score (nSPS) is 14.5. The Kier molecular flexibility index (Phi) is 7.68. The lowest BCUT2D eigenvalue weighted by Gasteiger charge is -2.29. The fourth-order valence-electron chi connectivity index (χ4n) is 3.92. The Hall–Kier alpha value is -2.55. The van der Waals surface area contributed by atoms with Crippen LogP contribution in [0, 0.1) is 0 Å². The number of rotatable bonds is 9. The average molecular weight is 499 g/mol. The largest absolute Gasteiger partial charge is 0.481 e. The number of aromatic nitrogens is 2. The van der Waals surface area contributed by atoms with E-state index in [1.165, 1.54) is 0 Å². The summed E-state index contributed by atoms with van der Waals surface area (Å²) in [6, 6.07) is 15.8. The molecule has 0 radical (unpaired) electrons. The molecular formula is C24H27BrN4O3. The van der Waals surface area contributed by atoms with E-state index in [-0.39, 0.29) is 6.42 Å². The Bertz CT molecular complexity index is 1070. The van der Waals surface area contributed by atoms with Gasteiger partial charge in [-0.05, 0) is 30.7 Å². The quantitative estimate of drug-likeness (QED) is 0.476. The number of fused-ring (bicyclic) bond motifs is 1. The van der Waals surface area contributed by atoms with Gasteiger partial charge in [0.15, 0.2) is 5.82 Å². The maximum Gasteiger partial charge on any atom is 0.305 e. The number of hydrogen-bond acceptors (Lipinski definition) is 6. The molecule has 0 unspecified atom stereocenters. The number of carbonyl (C=O) groups is 1. The summed E-state index contributed by atoms with van der Waals surface area (Å²) < 4.78 is 6.40. The van der Waals surface area contributed by atoms with Crippen molar-refractivity contribution >= 4 is 38.6 Å². The van der Waals surface area contributed by atoms with E-state index in [0.29, 0.717) is 12.4 Å². The van der Waals surface area contributed by atoms with Gasteiger partial charge in [-0.2, -0.15) is 0 Å². The molecule has 168 valence electrons. The molecule has 0 saturated carbocycles. The Balaban J connectivity index is 1.65. The molecule has 0 aliphatic carbocycles. The van der Waals surface area contributed by atoms with E-state index in [1.807, 2.05) is 48.5 Å². The van der Waals surface area contributed by atoms with Crippen LogP contribution in [-0.2, 0) is 9.53 Å². The van der Waals surface area contributed by atoms with Crippen molar-refractivity contribution < 1.29 is 14.6 Å². The standard InChI is InChI=1S/C24H27BrN4O3/c25-19-6-3-5-18(17-19)23-26-21-8-2-1-7-20(21)24(27-23)29(12-9-22(30)31)11-4-10-28-13-15-32-16-14-28/h1-3,5-8,17H,4,9-16H2,(H,30,31). The van der Waals surface area contributed by atoms with Crippen LogP contribution >= 0.6 is 15.9 Å². The van der Waals surface area contributed by atoms with Crippen LogP contribution in [0.3, 0.4) is 0 Å². The molecule has 7 nitrogen and oxygen atoms in total.